The zero-order valence-corrected chi connectivity index (χ0v) is 13.6. The molecule has 0 aromatic carbocycles. The van der Waals surface area contributed by atoms with Gasteiger partial charge in [0.05, 0.1) is 18.0 Å². The van der Waals surface area contributed by atoms with Gasteiger partial charge >= 0.3 is 0 Å². The van der Waals surface area contributed by atoms with Crippen LogP contribution in [0.4, 0.5) is 5.82 Å². The van der Waals surface area contributed by atoms with Crippen molar-refractivity contribution in [3.05, 3.63) is 58.3 Å². The van der Waals surface area contributed by atoms with E-state index in [0.29, 0.717) is 5.82 Å². The van der Waals surface area contributed by atoms with Gasteiger partial charge in [-0.05, 0) is 17.5 Å². The van der Waals surface area contributed by atoms with Crippen molar-refractivity contribution >= 4 is 23.1 Å². The van der Waals surface area contributed by atoms with E-state index in [9.17, 15) is 14.7 Å². The lowest BCUT2D eigenvalue weighted by Gasteiger charge is -2.08. The van der Waals surface area contributed by atoms with Crippen LogP contribution in [0.1, 0.15) is 0 Å². The van der Waals surface area contributed by atoms with Gasteiger partial charge in [-0.25, -0.2) is 4.68 Å². The highest BCUT2D eigenvalue weighted by molar-refractivity contribution is 7.13. The molecule has 0 aliphatic carbocycles. The van der Waals surface area contributed by atoms with E-state index < -0.39 is 0 Å². The molecule has 0 radical (unpaired) electrons. The first-order valence-corrected chi connectivity index (χ1v) is 8.23. The van der Waals surface area contributed by atoms with Crippen LogP contribution < -0.4 is 10.9 Å². The summed E-state index contributed by atoms with van der Waals surface area (Å²) >= 11 is 1.54. The van der Waals surface area contributed by atoms with Crippen LogP contribution in [-0.4, -0.2) is 32.0 Å². The van der Waals surface area contributed by atoms with Crippen molar-refractivity contribution in [2.45, 2.75) is 13.1 Å². The predicted molar refractivity (Wildman–Crippen MR) is 92.0 cm³/mol. The summed E-state index contributed by atoms with van der Waals surface area (Å²) in [4.78, 5) is 24.9. The van der Waals surface area contributed by atoms with E-state index in [1.807, 2.05) is 17.5 Å². The minimum atomic E-state index is -0.333. The topological polar surface area (TPSA) is 89.2 Å². The molecule has 3 aromatic heterocycles. The molecular weight excluding hydrogens is 328 g/mol. The number of nitrogens with zero attached hydrogens (tertiary/aromatic N) is 3. The third-order valence-electron chi connectivity index (χ3n) is 3.35. The Morgan fingerprint density at radius 2 is 2.17 bits per heavy atom. The zero-order chi connectivity index (χ0) is 16.9. The zero-order valence-electron chi connectivity index (χ0n) is 12.8. The fraction of sp³-hybridized carbons (Fsp3) is 0.188. The Hall–Kier alpha value is -2.71. The summed E-state index contributed by atoms with van der Waals surface area (Å²) in [7, 11) is 0. The smallest absolute Gasteiger partial charge is 0.250 e. The van der Waals surface area contributed by atoms with Crippen LogP contribution in [0.3, 0.4) is 0 Å². The van der Waals surface area contributed by atoms with Gasteiger partial charge in [0, 0.05) is 18.3 Å². The van der Waals surface area contributed by atoms with Gasteiger partial charge in [0.25, 0.3) is 5.56 Å². The minimum Gasteiger partial charge on any atom is -0.394 e. The van der Waals surface area contributed by atoms with E-state index >= 15 is 0 Å². The number of amides is 1. The second-order valence-electron chi connectivity index (χ2n) is 5.05. The van der Waals surface area contributed by atoms with E-state index in [1.54, 1.807) is 40.4 Å². The maximum Gasteiger partial charge on any atom is 0.250 e. The number of hydrogen-bond donors (Lipinski definition) is 2. The van der Waals surface area contributed by atoms with Gasteiger partial charge in [-0.1, -0.05) is 12.1 Å². The number of pyridine rings is 1. The molecule has 3 heterocycles. The molecule has 3 aromatic rings. The average molecular weight is 344 g/mol. The molecule has 7 nitrogen and oxygen atoms in total. The first kappa shape index (κ1) is 16.2. The highest BCUT2D eigenvalue weighted by Gasteiger charge is 2.13. The second kappa shape index (κ2) is 7.24. The quantitative estimate of drug-likeness (QED) is 0.707. The normalized spacial score (nSPS) is 10.7. The Kier molecular flexibility index (Phi) is 4.88. The lowest BCUT2D eigenvalue weighted by atomic mass is 10.3. The second-order valence-corrected chi connectivity index (χ2v) is 6.00. The fourth-order valence-corrected chi connectivity index (χ4v) is 2.94. The van der Waals surface area contributed by atoms with Gasteiger partial charge in [0.2, 0.25) is 5.91 Å². The average Bonchev–Trinajstić information content (AvgIpc) is 3.20. The number of carbonyl (C=O) groups excluding carboxylic acids is 1. The molecule has 0 atom stereocenters. The highest BCUT2D eigenvalue weighted by Crippen LogP contribution is 2.26. The Bertz CT molecular complexity index is 883. The van der Waals surface area contributed by atoms with Crippen LogP contribution in [0.25, 0.3) is 10.6 Å². The van der Waals surface area contributed by atoms with Crippen molar-refractivity contribution in [1.29, 1.82) is 0 Å². The number of aliphatic hydroxyl groups is 1. The number of rotatable bonds is 6. The third kappa shape index (κ3) is 3.61. The summed E-state index contributed by atoms with van der Waals surface area (Å²) in [6.07, 6.45) is 1.56. The van der Waals surface area contributed by atoms with Gasteiger partial charge in [0.15, 0.2) is 0 Å². The Morgan fingerprint density at radius 3 is 2.88 bits per heavy atom. The summed E-state index contributed by atoms with van der Waals surface area (Å²) in [6.45, 7) is 0.0944. The summed E-state index contributed by atoms with van der Waals surface area (Å²) in [6, 6.07) is 10.3. The largest absolute Gasteiger partial charge is 0.394 e. The predicted octanol–water partition coefficient (Wildman–Crippen LogP) is 1.40. The number of anilines is 1. The molecule has 3 rings (SSSR count). The molecule has 124 valence electrons. The number of thiophene rings is 1. The van der Waals surface area contributed by atoms with Crippen molar-refractivity contribution in [3.63, 3.8) is 0 Å². The van der Waals surface area contributed by atoms with Crippen molar-refractivity contribution in [1.82, 2.24) is 14.3 Å². The van der Waals surface area contributed by atoms with Gasteiger partial charge in [-0.2, -0.15) is 5.10 Å². The molecule has 0 fully saturated rings. The summed E-state index contributed by atoms with van der Waals surface area (Å²) in [5.41, 5.74) is 0.487. The van der Waals surface area contributed by atoms with Crippen molar-refractivity contribution < 1.29 is 9.90 Å². The summed E-state index contributed by atoms with van der Waals surface area (Å²) in [5.74, 6) is 0.154. The van der Waals surface area contributed by atoms with Crippen LogP contribution in [0.15, 0.2) is 52.8 Å². The third-order valence-corrected chi connectivity index (χ3v) is 4.24. The standard InChI is InChI=1S/C16H16N4O3S/c21-8-7-20-14(10-12(18-20)13-4-3-9-24-13)17-15(22)11-19-6-2-1-5-16(19)23/h1-6,9-10,21H,7-8,11H2,(H,17,22). The summed E-state index contributed by atoms with van der Waals surface area (Å²) < 4.78 is 2.86. The maximum absolute atomic E-state index is 12.2. The summed E-state index contributed by atoms with van der Waals surface area (Å²) in [5, 5.41) is 18.3. The number of carbonyl (C=O) groups is 1. The van der Waals surface area contributed by atoms with Crippen LogP contribution in [-0.2, 0) is 17.9 Å². The molecule has 24 heavy (non-hydrogen) atoms. The lowest BCUT2D eigenvalue weighted by molar-refractivity contribution is -0.116. The van der Waals surface area contributed by atoms with Gasteiger partial charge in [0.1, 0.15) is 18.1 Å². The maximum atomic E-state index is 12.2. The Labute approximate surface area is 141 Å². The van der Waals surface area contributed by atoms with Crippen LogP contribution in [0, 0.1) is 0 Å². The van der Waals surface area contributed by atoms with Gasteiger partial charge < -0.3 is 15.0 Å². The molecule has 0 saturated carbocycles. The molecule has 8 heteroatoms. The monoisotopic (exact) mass is 344 g/mol. The minimum absolute atomic E-state index is 0.0850. The lowest BCUT2D eigenvalue weighted by Crippen LogP contribution is -2.27. The highest BCUT2D eigenvalue weighted by atomic mass is 32.1. The van der Waals surface area contributed by atoms with Crippen LogP contribution in [0.5, 0.6) is 0 Å². The van der Waals surface area contributed by atoms with E-state index in [2.05, 4.69) is 10.4 Å². The number of nitrogens with one attached hydrogen (secondary N) is 1. The molecule has 0 unspecified atom stereocenters. The molecule has 1 amide bonds. The van der Waals surface area contributed by atoms with Crippen molar-refractivity contribution in [3.8, 4) is 10.6 Å². The first-order chi connectivity index (χ1) is 11.7. The molecule has 0 spiro atoms. The SMILES string of the molecule is O=C(Cn1ccccc1=O)Nc1cc(-c2cccs2)nn1CCO. The van der Waals surface area contributed by atoms with Gasteiger partial charge in [-0.3, -0.25) is 9.59 Å². The molecule has 0 aliphatic heterocycles. The molecule has 2 N–H and O–H groups in total. The van der Waals surface area contributed by atoms with Gasteiger partial charge in [-0.15, -0.1) is 11.3 Å². The fourth-order valence-electron chi connectivity index (χ4n) is 2.26. The molecule has 0 bridgehead atoms. The molecule has 0 aliphatic rings. The number of hydrogen-bond acceptors (Lipinski definition) is 5. The van der Waals surface area contributed by atoms with E-state index in [1.165, 1.54) is 10.6 Å². The van der Waals surface area contributed by atoms with Crippen LogP contribution in [0.2, 0.25) is 0 Å². The van der Waals surface area contributed by atoms with E-state index in [4.69, 9.17) is 0 Å². The Morgan fingerprint density at radius 1 is 1.29 bits per heavy atom. The Balaban J connectivity index is 1.79. The number of aliphatic hydroxyl groups excluding tert-OH is 1. The van der Waals surface area contributed by atoms with Crippen molar-refractivity contribution in [2.24, 2.45) is 0 Å². The van der Waals surface area contributed by atoms with Crippen molar-refractivity contribution in [2.75, 3.05) is 11.9 Å². The van der Waals surface area contributed by atoms with E-state index in [-0.39, 0.29) is 31.2 Å². The van der Waals surface area contributed by atoms with Crippen LogP contribution >= 0.6 is 11.3 Å². The molecular formula is C16H16N4O3S. The first-order valence-electron chi connectivity index (χ1n) is 7.35. The number of aromatic nitrogens is 3. The molecule has 0 saturated heterocycles. The van der Waals surface area contributed by atoms with E-state index in [0.717, 1.165) is 10.6 Å².